The molecule has 0 aliphatic carbocycles. The molecule has 1 aliphatic rings. The Bertz CT molecular complexity index is 145. The van der Waals surface area contributed by atoms with Crippen molar-refractivity contribution in [2.24, 2.45) is 0 Å². The first-order chi connectivity index (χ1) is 4.33. The summed E-state index contributed by atoms with van der Waals surface area (Å²) < 4.78 is 0. The molecular formula is C8H13N. The smallest absolute Gasteiger partial charge is 0.0257 e. The maximum absolute atomic E-state index is 2.22. The van der Waals surface area contributed by atoms with E-state index in [0.717, 1.165) is 6.54 Å². The van der Waals surface area contributed by atoms with E-state index in [1.807, 2.05) is 6.92 Å². The van der Waals surface area contributed by atoms with Crippen molar-refractivity contribution in [3.05, 3.63) is 24.0 Å². The fourth-order valence-corrected chi connectivity index (χ4v) is 1.03. The van der Waals surface area contributed by atoms with Gasteiger partial charge in [0.25, 0.3) is 0 Å². The van der Waals surface area contributed by atoms with Gasteiger partial charge in [-0.3, -0.25) is 0 Å². The molecule has 0 bridgehead atoms. The van der Waals surface area contributed by atoms with E-state index in [1.54, 1.807) is 0 Å². The summed E-state index contributed by atoms with van der Waals surface area (Å²) in [5.74, 6) is 0. The van der Waals surface area contributed by atoms with Gasteiger partial charge in [-0.15, -0.1) is 0 Å². The molecule has 0 saturated heterocycles. The summed E-state index contributed by atoms with van der Waals surface area (Å²) in [5.41, 5.74) is 1.48. The molecule has 1 nitrogen and oxygen atoms in total. The number of nitrogens with zero attached hydrogens (tertiary/aromatic N) is 1. The molecule has 0 radical (unpaired) electrons. The van der Waals surface area contributed by atoms with Crippen molar-refractivity contribution in [2.75, 3.05) is 6.54 Å². The highest BCUT2D eigenvalue weighted by Crippen LogP contribution is 2.12. The van der Waals surface area contributed by atoms with Crippen molar-refractivity contribution in [2.45, 2.75) is 20.3 Å². The molecule has 0 amide bonds. The molecule has 9 heavy (non-hydrogen) atoms. The summed E-state index contributed by atoms with van der Waals surface area (Å²) in [7, 11) is 0. The molecule has 1 rings (SSSR count). The van der Waals surface area contributed by atoms with E-state index in [-0.39, 0.29) is 0 Å². The molecular weight excluding hydrogens is 110 g/mol. The van der Waals surface area contributed by atoms with Gasteiger partial charge in [0.1, 0.15) is 0 Å². The standard InChI is InChI=1S/C8H13N/c1-3-5-9-6-4-8(2)7-9/h3,5,7H,4,6H2,1-2H3/b5-3-. The third kappa shape index (κ3) is 1.60. The number of rotatable bonds is 1. The topological polar surface area (TPSA) is 3.24 Å². The van der Waals surface area contributed by atoms with Crippen molar-refractivity contribution >= 4 is 0 Å². The number of hydrogen-bond donors (Lipinski definition) is 0. The third-order valence-electron chi connectivity index (χ3n) is 1.49. The minimum Gasteiger partial charge on any atom is -0.354 e. The van der Waals surface area contributed by atoms with E-state index in [9.17, 15) is 0 Å². The van der Waals surface area contributed by atoms with E-state index in [4.69, 9.17) is 0 Å². The van der Waals surface area contributed by atoms with Crippen LogP contribution in [-0.2, 0) is 0 Å². The first-order valence-electron chi connectivity index (χ1n) is 3.39. The number of hydrogen-bond acceptors (Lipinski definition) is 1. The predicted octanol–water partition coefficient (Wildman–Crippen LogP) is 2.13. The average Bonchev–Trinajstić information content (AvgIpc) is 2.17. The zero-order valence-electron chi connectivity index (χ0n) is 6.09. The van der Waals surface area contributed by atoms with Crippen LogP contribution in [0.4, 0.5) is 0 Å². The maximum Gasteiger partial charge on any atom is 0.0257 e. The second-order valence-corrected chi connectivity index (χ2v) is 2.45. The quantitative estimate of drug-likeness (QED) is 0.516. The van der Waals surface area contributed by atoms with Gasteiger partial charge in [-0.2, -0.15) is 0 Å². The van der Waals surface area contributed by atoms with Gasteiger partial charge in [-0.1, -0.05) is 11.6 Å². The van der Waals surface area contributed by atoms with Crippen LogP contribution in [0.25, 0.3) is 0 Å². The van der Waals surface area contributed by atoms with E-state index in [2.05, 4.69) is 30.3 Å². The summed E-state index contributed by atoms with van der Waals surface area (Å²) in [6, 6.07) is 0. The van der Waals surface area contributed by atoms with Crippen LogP contribution in [0.5, 0.6) is 0 Å². The Morgan fingerprint density at radius 3 is 2.89 bits per heavy atom. The lowest BCUT2D eigenvalue weighted by molar-refractivity contribution is 0.548. The van der Waals surface area contributed by atoms with Gasteiger partial charge in [0.05, 0.1) is 0 Å². The Kier molecular flexibility index (Phi) is 1.93. The molecule has 0 aromatic carbocycles. The molecule has 0 atom stereocenters. The molecule has 0 aromatic heterocycles. The summed E-state index contributed by atoms with van der Waals surface area (Å²) in [6.07, 6.45) is 7.59. The second-order valence-electron chi connectivity index (χ2n) is 2.45. The van der Waals surface area contributed by atoms with Gasteiger partial charge in [-0.25, -0.2) is 0 Å². The van der Waals surface area contributed by atoms with E-state index in [0.29, 0.717) is 0 Å². The van der Waals surface area contributed by atoms with Gasteiger partial charge in [0.15, 0.2) is 0 Å². The van der Waals surface area contributed by atoms with Gasteiger partial charge in [-0.05, 0) is 26.5 Å². The Hall–Kier alpha value is -0.720. The summed E-state index contributed by atoms with van der Waals surface area (Å²) in [4.78, 5) is 2.22. The fourth-order valence-electron chi connectivity index (χ4n) is 1.03. The molecule has 1 heteroatoms. The Labute approximate surface area is 56.7 Å². The molecule has 0 N–H and O–H groups in total. The Balaban J connectivity index is 2.47. The van der Waals surface area contributed by atoms with Crippen molar-refractivity contribution in [3.8, 4) is 0 Å². The Morgan fingerprint density at radius 1 is 1.67 bits per heavy atom. The second kappa shape index (κ2) is 2.72. The molecule has 0 spiro atoms. The van der Waals surface area contributed by atoms with Crippen LogP contribution in [0.1, 0.15) is 20.3 Å². The third-order valence-corrected chi connectivity index (χ3v) is 1.49. The molecule has 1 heterocycles. The maximum atomic E-state index is 2.22. The molecule has 1 aliphatic heterocycles. The molecule has 0 fully saturated rings. The zero-order valence-corrected chi connectivity index (χ0v) is 6.09. The average molecular weight is 123 g/mol. The first kappa shape index (κ1) is 6.40. The van der Waals surface area contributed by atoms with Crippen molar-refractivity contribution in [1.82, 2.24) is 4.90 Å². The van der Waals surface area contributed by atoms with Crippen LogP contribution in [0.3, 0.4) is 0 Å². The fraction of sp³-hybridized carbons (Fsp3) is 0.500. The van der Waals surface area contributed by atoms with Gasteiger partial charge in [0, 0.05) is 12.7 Å². The SMILES string of the molecule is C/C=C\N1C=C(C)CC1. The highest BCUT2D eigenvalue weighted by atomic mass is 15.1. The molecule has 0 unspecified atom stereocenters. The van der Waals surface area contributed by atoms with Crippen LogP contribution < -0.4 is 0 Å². The summed E-state index contributed by atoms with van der Waals surface area (Å²) >= 11 is 0. The van der Waals surface area contributed by atoms with E-state index in [1.165, 1.54) is 12.0 Å². The van der Waals surface area contributed by atoms with Gasteiger partial charge in [0.2, 0.25) is 0 Å². The first-order valence-corrected chi connectivity index (χ1v) is 3.39. The lowest BCUT2D eigenvalue weighted by atomic mass is 10.3. The lowest BCUT2D eigenvalue weighted by Crippen LogP contribution is -2.03. The number of allylic oxidation sites excluding steroid dienone is 1. The normalized spacial score (nSPS) is 19.3. The molecule has 0 aromatic rings. The monoisotopic (exact) mass is 123 g/mol. The molecule has 0 saturated carbocycles. The summed E-state index contributed by atoms with van der Waals surface area (Å²) in [6.45, 7) is 5.38. The van der Waals surface area contributed by atoms with Crippen molar-refractivity contribution < 1.29 is 0 Å². The molecule has 50 valence electrons. The van der Waals surface area contributed by atoms with Crippen molar-refractivity contribution in [1.29, 1.82) is 0 Å². The van der Waals surface area contributed by atoms with Gasteiger partial charge < -0.3 is 4.90 Å². The minimum absolute atomic E-state index is 1.16. The minimum atomic E-state index is 1.16. The highest BCUT2D eigenvalue weighted by molar-refractivity contribution is 5.07. The van der Waals surface area contributed by atoms with Crippen LogP contribution >= 0.6 is 0 Å². The van der Waals surface area contributed by atoms with Crippen molar-refractivity contribution in [3.63, 3.8) is 0 Å². The predicted molar refractivity (Wildman–Crippen MR) is 39.9 cm³/mol. The van der Waals surface area contributed by atoms with Gasteiger partial charge >= 0.3 is 0 Å². The Morgan fingerprint density at radius 2 is 2.44 bits per heavy atom. The largest absolute Gasteiger partial charge is 0.354 e. The highest BCUT2D eigenvalue weighted by Gasteiger charge is 2.03. The zero-order chi connectivity index (χ0) is 6.69. The summed E-state index contributed by atoms with van der Waals surface area (Å²) in [5, 5.41) is 0. The van der Waals surface area contributed by atoms with Crippen LogP contribution in [0.15, 0.2) is 24.0 Å². The van der Waals surface area contributed by atoms with Crippen LogP contribution in [0.2, 0.25) is 0 Å². The lowest BCUT2D eigenvalue weighted by Gasteiger charge is -2.05. The van der Waals surface area contributed by atoms with E-state index >= 15 is 0 Å². The van der Waals surface area contributed by atoms with Crippen LogP contribution in [0, 0.1) is 0 Å². The van der Waals surface area contributed by atoms with E-state index < -0.39 is 0 Å². The van der Waals surface area contributed by atoms with Crippen LogP contribution in [-0.4, -0.2) is 11.4 Å².